The first-order valence-electron chi connectivity index (χ1n) is 7.98. The molecule has 0 heterocycles. The third-order valence-electron chi connectivity index (χ3n) is 3.85. The Balaban J connectivity index is 2.17. The lowest BCUT2D eigenvalue weighted by Gasteiger charge is -2.19. The number of carbonyl (C=O) groups excluding carboxylic acids is 1. The van der Waals surface area contributed by atoms with Gasteiger partial charge in [-0.15, -0.1) is 0 Å². The van der Waals surface area contributed by atoms with Crippen LogP contribution in [-0.4, -0.2) is 17.0 Å². The van der Waals surface area contributed by atoms with Gasteiger partial charge in [0, 0.05) is 11.6 Å². The van der Waals surface area contributed by atoms with E-state index >= 15 is 0 Å². The summed E-state index contributed by atoms with van der Waals surface area (Å²) in [5, 5.41) is 11.9. The van der Waals surface area contributed by atoms with E-state index in [-0.39, 0.29) is 17.5 Å². The number of carboxylic acids is 1. The van der Waals surface area contributed by atoms with Crippen molar-refractivity contribution in [2.24, 2.45) is 0 Å². The Kier molecular flexibility index (Phi) is 6.22. The van der Waals surface area contributed by atoms with E-state index in [0.717, 1.165) is 12.1 Å². The summed E-state index contributed by atoms with van der Waals surface area (Å²) in [4.78, 5) is 23.5. The minimum absolute atomic E-state index is 0.0534. The van der Waals surface area contributed by atoms with Gasteiger partial charge >= 0.3 is 5.97 Å². The van der Waals surface area contributed by atoms with Gasteiger partial charge < -0.3 is 10.4 Å². The molecule has 2 rings (SSSR count). The lowest BCUT2D eigenvalue weighted by molar-refractivity contribution is -0.121. The van der Waals surface area contributed by atoms with Gasteiger partial charge in [0.1, 0.15) is 11.6 Å². The third-order valence-corrected chi connectivity index (χ3v) is 3.85. The second kappa shape index (κ2) is 8.37. The first-order chi connectivity index (χ1) is 11.9. The number of hydrogen-bond donors (Lipinski definition) is 2. The Labute approximate surface area is 144 Å². The molecule has 0 radical (unpaired) electrons. The quantitative estimate of drug-likeness (QED) is 0.799. The summed E-state index contributed by atoms with van der Waals surface area (Å²) in [6.07, 6.45) is 1.04. The van der Waals surface area contributed by atoms with Crippen LogP contribution in [0.25, 0.3) is 0 Å². The summed E-state index contributed by atoms with van der Waals surface area (Å²) >= 11 is 0. The zero-order valence-electron chi connectivity index (χ0n) is 13.8. The lowest BCUT2D eigenvalue weighted by atomic mass is 10.00. The van der Waals surface area contributed by atoms with E-state index in [9.17, 15) is 18.4 Å². The SMILES string of the molecule is CCCC(NC(=O)Cc1ccccc1C(=O)O)c1ccc(F)cc1F. The molecule has 1 atom stereocenters. The van der Waals surface area contributed by atoms with Crippen LogP contribution in [0.2, 0.25) is 0 Å². The Morgan fingerprint density at radius 3 is 2.52 bits per heavy atom. The van der Waals surface area contributed by atoms with Crippen molar-refractivity contribution in [2.75, 3.05) is 0 Å². The molecule has 0 aromatic heterocycles. The van der Waals surface area contributed by atoms with Crippen molar-refractivity contribution in [2.45, 2.75) is 32.2 Å². The number of amides is 1. The molecule has 25 heavy (non-hydrogen) atoms. The molecule has 0 aliphatic rings. The van der Waals surface area contributed by atoms with Gasteiger partial charge in [0.25, 0.3) is 0 Å². The number of hydrogen-bond acceptors (Lipinski definition) is 2. The number of halogens is 2. The van der Waals surface area contributed by atoms with Gasteiger partial charge in [-0.3, -0.25) is 4.79 Å². The molecule has 4 nitrogen and oxygen atoms in total. The second-order valence-electron chi connectivity index (χ2n) is 5.71. The number of carboxylic acid groups (broad SMARTS) is 1. The van der Waals surface area contributed by atoms with Gasteiger partial charge in [-0.1, -0.05) is 37.6 Å². The molecule has 2 N–H and O–H groups in total. The average molecular weight is 347 g/mol. The van der Waals surface area contributed by atoms with E-state index in [2.05, 4.69) is 5.32 Å². The monoisotopic (exact) mass is 347 g/mol. The Morgan fingerprint density at radius 2 is 1.88 bits per heavy atom. The van der Waals surface area contributed by atoms with Crippen LogP contribution in [-0.2, 0) is 11.2 Å². The normalized spacial score (nSPS) is 11.8. The Morgan fingerprint density at radius 1 is 1.16 bits per heavy atom. The molecule has 0 fully saturated rings. The zero-order valence-corrected chi connectivity index (χ0v) is 13.8. The van der Waals surface area contributed by atoms with E-state index in [1.807, 2.05) is 6.92 Å². The maximum atomic E-state index is 14.0. The van der Waals surface area contributed by atoms with Crippen molar-refractivity contribution >= 4 is 11.9 Å². The van der Waals surface area contributed by atoms with Crippen LogP contribution in [0, 0.1) is 11.6 Å². The molecule has 0 saturated carbocycles. The molecule has 0 spiro atoms. The molecule has 1 unspecified atom stereocenters. The molecule has 1 amide bonds. The van der Waals surface area contributed by atoms with Crippen LogP contribution in [0.15, 0.2) is 42.5 Å². The van der Waals surface area contributed by atoms with Crippen LogP contribution in [0.4, 0.5) is 8.78 Å². The number of rotatable bonds is 7. The summed E-state index contributed by atoms with van der Waals surface area (Å²) in [5.74, 6) is -2.93. The topological polar surface area (TPSA) is 66.4 Å². The summed E-state index contributed by atoms with van der Waals surface area (Å²) in [7, 11) is 0. The van der Waals surface area contributed by atoms with E-state index in [0.29, 0.717) is 18.4 Å². The van der Waals surface area contributed by atoms with E-state index < -0.39 is 29.6 Å². The van der Waals surface area contributed by atoms with E-state index in [1.54, 1.807) is 18.2 Å². The molecule has 0 saturated heterocycles. The molecular formula is C19H19F2NO3. The standard InChI is InChI=1S/C19H19F2NO3/c1-2-5-17(15-9-8-13(20)11-16(15)21)22-18(23)10-12-6-3-4-7-14(12)19(24)25/h3-4,6-9,11,17H,2,5,10H2,1H3,(H,22,23)(H,24,25). The number of carbonyl (C=O) groups is 2. The predicted molar refractivity (Wildman–Crippen MR) is 89.3 cm³/mol. The molecule has 6 heteroatoms. The first-order valence-corrected chi connectivity index (χ1v) is 7.98. The van der Waals surface area contributed by atoms with Crippen molar-refractivity contribution < 1.29 is 23.5 Å². The maximum absolute atomic E-state index is 14.0. The van der Waals surface area contributed by atoms with Crippen LogP contribution in [0.1, 0.15) is 47.3 Å². The second-order valence-corrected chi connectivity index (χ2v) is 5.71. The van der Waals surface area contributed by atoms with Gasteiger partial charge in [0.05, 0.1) is 18.0 Å². The predicted octanol–water partition coefficient (Wildman–Crippen LogP) is 3.86. The van der Waals surface area contributed by atoms with Gasteiger partial charge in [-0.2, -0.15) is 0 Å². The largest absolute Gasteiger partial charge is 0.478 e. The fraction of sp³-hybridized carbons (Fsp3) is 0.263. The maximum Gasteiger partial charge on any atom is 0.335 e. The van der Waals surface area contributed by atoms with Crippen LogP contribution in [0.3, 0.4) is 0 Å². The van der Waals surface area contributed by atoms with Gasteiger partial charge in [-0.25, -0.2) is 13.6 Å². The fourth-order valence-corrected chi connectivity index (χ4v) is 2.68. The van der Waals surface area contributed by atoms with Crippen LogP contribution in [0.5, 0.6) is 0 Å². The van der Waals surface area contributed by atoms with Gasteiger partial charge in [0.2, 0.25) is 5.91 Å². The molecular weight excluding hydrogens is 328 g/mol. The average Bonchev–Trinajstić information content (AvgIpc) is 2.55. The molecule has 0 aliphatic carbocycles. The number of aromatic carboxylic acids is 1. The minimum Gasteiger partial charge on any atom is -0.478 e. The highest BCUT2D eigenvalue weighted by molar-refractivity contribution is 5.91. The van der Waals surface area contributed by atoms with E-state index in [1.165, 1.54) is 12.1 Å². The summed E-state index contributed by atoms with van der Waals surface area (Å²) in [5.41, 5.74) is 0.642. The van der Waals surface area contributed by atoms with Gasteiger partial charge in [-0.05, 0) is 24.1 Å². The van der Waals surface area contributed by atoms with Crippen molar-refractivity contribution in [1.82, 2.24) is 5.32 Å². The van der Waals surface area contributed by atoms with Crippen molar-refractivity contribution in [3.63, 3.8) is 0 Å². The summed E-state index contributed by atoms with van der Waals surface area (Å²) < 4.78 is 27.1. The number of benzene rings is 2. The summed E-state index contributed by atoms with van der Waals surface area (Å²) in [6, 6.07) is 8.87. The smallest absolute Gasteiger partial charge is 0.335 e. The van der Waals surface area contributed by atoms with E-state index in [4.69, 9.17) is 5.11 Å². The third kappa shape index (κ3) is 4.86. The zero-order chi connectivity index (χ0) is 18.4. The minimum atomic E-state index is -1.11. The lowest BCUT2D eigenvalue weighted by Crippen LogP contribution is -2.30. The van der Waals surface area contributed by atoms with Crippen LogP contribution >= 0.6 is 0 Å². The first kappa shape index (κ1) is 18.6. The molecule has 0 bridgehead atoms. The highest BCUT2D eigenvalue weighted by Gasteiger charge is 2.19. The molecule has 2 aromatic rings. The van der Waals surface area contributed by atoms with Crippen molar-refractivity contribution in [3.8, 4) is 0 Å². The van der Waals surface area contributed by atoms with Crippen molar-refractivity contribution in [1.29, 1.82) is 0 Å². The number of nitrogens with one attached hydrogen (secondary N) is 1. The Bertz CT molecular complexity index is 777. The summed E-state index contributed by atoms with van der Waals surface area (Å²) in [6.45, 7) is 1.89. The van der Waals surface area contributed by atoms with Gasteiger partial charge in [0.15, 0.2) is 0 Å². The van der Waals surface area contributed by atoms with Crippen molar-refractivity contribution in [3.05, 3.63) is 70.8 Å². The fourth-order valence-electron chi connectivity index (χ4n) is 2.68. The Hall–Kier alpha value is -2.76. The molecule has 132 valence electrons. The highest BCUT2D eigenvalue weighted by atomic mass is 19.1. The molecule has 2 aromatic carbocycles. The highest BCUT2D eigenvalue weighted by Crippen LogP contribution is 2.23. The molecule has 0 aliphatic heterocycles. The van der Waals surface area contributed by atoms with Crippen LogP contribution < -0.4 is 5.32 Å².